The van der Waals surface area contributed by atoms with Crippen molar-refractivity contribution < 1.29 is 17.9 Å². The lowest BCUT2D eigenvalue weighted by Crippen LogP contribution is -2.54. The lowest BCUT2D eigenvalue weighted by atomic mass is 9.58. The summed E-state index contributed by atoms with van der Waals surface area (Å²) >= 11 is 0. The number of sulfonamides is 1. The number of carbonyl (C=O) groups excluding carboxylic acids is 1. The second-order valence-electron chi connectivity index (χ2n) is 11.1. The minimum atomic E-state index is -3.60. The highest BCUT2D eigenvalue weighted by Crippen LogP contribution is 2.51. The fourth-order valence-corrected chi connectivity index (χ4v) is 7.44. The Morgan fingerprint density at radius 3 is 2.35 bits per heavy atom. The normalized spacial score (nSPS) is 26.0. The molecule has 184 valence electrons. The van der Waals surface area contributed by atoms with E-state index in [2.05, 4.69) is 32.9 Å². The molecule has 1 saturated carbocycles. The average Bonchev–Trinajstić information content (AvgIpc) is 2.83. The Balaban J connectivity index is 1.62. The van der Waals surface area contributed by atoms with E-state index in [-0.39, 0.29) is 22.7 Å². The minimum Gasteiger partial charge on any atom is -0.469 e. The number of carbonyl (C=O) groups is 1. The second-order valence-corrected chi connectivity index (χ2v) is 13.1. The fraction of sp³-hybridized carbons (Fsp3) is 0.536. The van der Waals surface area contributed by atoms with Crippen molar-refractivity contribution in [1.82, 2.24) is 4.31 Å². The van der Waals surface area contributed by atoms with Crippen molar-refractivity contribution >= 4 is 16.0 Å². The van der Waals surface area contributed by atoms with Gasteiger partial charge in [-0.25, -0.2) is 8.42 Å². The number of ether oxygens (including phenoxy) is 1. The smallest absolute Gasteiger partial charge is 0.308 e. The Kier molecular flexibility index (Phi) is 6.94. The zero-order valence-electron chi connectivity index (χ0n) is 20.8. The van der Waals surface area contributed by atoms with Crippen molar-refractivity contribution in [3.05, 3.63) is 65.7 Å². The SMILES string of the molecule is COC(=O)C1CCC2(Cc3ccccc3)CN(S(=O)(=O)c3ccc(C(C)(C)C)cc3)CCC2C1. The number of rotatable bonds is 5. The number of esters is 1. The van der Waals surface area contributed by atoms with Gasteiger partial charge in [-0.2, -0.15) is 4.31 Å². The largest absolute Gasteiger partial charge is 0.469 e. The maximum Gasteiger partial charge on any atom is 0.308 e. The molecule has 1 saturated heterocycles. The molecule has 2 aliphatic rings. The Bertz CT molecular complexity index is 1110. The molecule has 0 spiro atoms. The van der Waals surface area contributed by atoms with Crippen LogP contribution < -0.4 is 0 Å². The molecule has 2 aromatic rings. The molecule has 6 heteroatoms. The lowest BCUT2D eigenvalue weighted by molar-refractivity contribution is -0.149. The summed E-state index contributed by atoms with van der Waals surface area (Å²) in [5, 5.41) is 0. The molecule has 3 unspecified atom stereocenters. The maximum absolute atomic E-state index is 13.7. The zero-order chi connectivity index (χ0) is 24.6. The van der Waals surface area contributed by atoms with Crippen LogP contribution in [0.2, 0.25) is 0 Å². The van der Waals surface area contributed by atoms with Crippen LogP contribution in [0.1, 0.15) is 57.6 Å². The molecule has 0 N–H and O–H groups in total. The van der Waals surface area contributed by atoms with Crippen LogP contribution in [0.15, 0.2) is 59.5 Å². The second kappa shape index (κ2) is 9.46. The summed E-state index contributed by atoms with van der Waals surface area (Å²) in [6, 6.07) is 17.7. The third-order valence-corrected chi connectivity index (χ3v) is 9.80. The van der Waals surface area contributed by atoms with Crippen LogP contribution in [0.25, 0.3) is 0 Å². The summed E-state index contributed by atoms with van der Waals surface area (Å²) in [7, 11) is -2.15. The van der Waals surface area contributed by atoms with E-state index < -0.39 is 10.0 Å². The predicted molar refractivity (Wildman–Crippen MR) is 134 cm³/mol. The molecular weight excluding hydrogens is 446 g/mol. The average molecular weight is 484 g/mol. The first-order chi connectivity index (χ1) is 16.0. The third-order valence-electron chi connectivity index (χ3n) is 7.94. The van der Waals surface area contributed by atoms with E-state index in [1.165, 1.54) is 12.7 Å². The Morgan fingerprint density at radius 1 is 1.06 bits per heavy atom. The molecule has 3 atom stereocenters. The first-order valence-corrected chi connectivity index (χ1v) is 13.7. The van der Waals surface area contributed by atoms with Gasteiger partial charge in [0.25, 0.3) is 0 Å². The standard InChI is InChI=1S/C28H37NO4S/c1-27(2,3)23-10-12-25(13-11-23)34(31,32)29-17-15-24-18-22(26(30)33-4)14-16-28(24,20-29)19-21-8-6-5-7-9-21/h5-13,22,24H,14-20H2,1-4H3. The monoisotopic (exact) mass is 483 g/mol. The highest BCUT2D eigenvalue weighted by atomic mass is 32.2. The van der Waals surface area contributed by atoms with Gasteiger partial charge in [-0.15, -0.1) is 0 Å². The van der Waals surface area contributed by atoms with Crippen LogP contribution >= 0.6 is 0 Å². The van der Waals surface area contributed by atoms with E-state index in [4.69, 9.17) is 4.74 Å². The number of benzene rings is 2. The van der Waals surface area contributed by atoms with E-state index in [1.807, 2.05) is 30.3 Å². The molecule has 34 heavy (non-hydrogen) atoms. The van der Waals surface area contributed by atoms with E-state index in [0.717, 1.165) is 37.7 Å². The van der Waals surface area contributed by atoms with Gasteiger partial charge in [0, 0.05) is 13.1 Å². The van der Waals surface area contributed by atoms with Crippen molar-refractivity contribution in [3.8, 4) is 0 Å². The van der Waals surface area contributed by atoms with E-state index in [0.29, 0.717) is 23.9 Å². The number of fused-ring (bicyclic) bond motifs is 1. The van der Waals surface area contributed by atoms with E-state index in [1.54, 1.807) is 16.4 Å². The van der Waals surface area contributed by atoms with Gasteiger partial charge in [0.05, 0.1) is 17.9 Å². The first kappa shape index (κ1) is 24.9. The van der Waals surface area contributed by atoms with Crippen molar-refractivity contribution in [2.45, 2.75) is 63.2 Å². The van der Waals surface area contributed by atoms with Gasteiger partial charge in [-0.05, 0) is 72.1 Å². The maximum atomic E-state index is 13.7. The summed E-state index contributed by atoms with van der Waals surface area (Å²) in [4.78, 5) is 12.6. The molecule has 2 aromatic carbocycles. The summed E-state index contributed by atoms with van der Waals surface area (Å²) in [6.07, 6.45) is 3.92. The molecule has 4 rings (SSSR count). The van der Waals surface area contributed by atoms with Gasteiger partial charge < -0.3 is 4.74 Å². The van der Waals surface area contributed by atoms with Crippen molar-refractivity contribution in [2.24, 2.45) is 17.3 Å². The van der Waals surface area contributed by atoms with Crippen LogP contribution in [0.5, 0.6) is 0 Å². The minimum absolute atomic E-state index is 0.0291. The highest BCUT2D eigenvalue weighted by Gasteiger charge is 2.50. The van der Waals surface area contributed by atoms with Crippen LogP contribution in [-0.2, 0) is 31.4 Å². The predicted octanol–water partition coefficient (Wildman–Crippen LogP) is 5.20. The third kappa shape index (κ3) is 4.94. The summed E-state index contributed by atoms with van der Waals surface area (Å²) in [6.45, 7) is 7.35. The first-order valence-electron chi connectivity index (χ1n) is 12.3. The van der Waals surface area contributed by atoms with Gasteiger partial charge in [0.1, 0.15) is 0 Å². The van der Waals surface area contributed by atoms with Crippen molar-refractivity contribution in [2.75, 3.05) is 20.2 Å². The lowest BCUT2D eigenvalue weighted by Gasteiger charge is -2.52. The fourth-order valence-electron chi connectivity index (χ4n) is 5.89. The number of hydrogen-bond acceptors (Lipinski definition) is 4. The Hall–Kier alpha value is -2.18. The molecule has 0 aromatic heterocycles. The molecule has 1 aliphatic heterocycles. The number of piperidine rings is 1. The van der Waals surface area contributed by atoms with Crippen molar-refractivity contribution in [1.29, 1.82) is 0 Å². The van der Waals surface area contributed by atoms with Crippen LogP contribution in [0, 0.1) is 17.3 Å². The van der Waals surface area contributed by atoms with Gasteiger partial charge in [-0.3, -0.25) is 4.79 Å². The van der Waals surface area contributed by atoms with E-state index >= 15 is 0 Å². The van der Waals surface area contributed by atoms with Gasteiger partial charge in [-0.1, -0.05) is 63.2 Å². The van der Waals surface area contributed by atoms with E-state index in [9.17, 15) is 13.2 Å². The Morgan fingerprint density at radius 2 is 1.74 bits per heavy atom. The van der Waals surface area contributed by atoms with Crippen LogP contribution in [-0.4, -0.2) is 38.9 Å². The highest BCUT2D eigenvalue weighted by molar-refractivity contribution is 7.89. The molecule has 0 amide bonds. The quantitative estimate of drug-likeness (QED) is 0.549. The molecular formula is C28H37NO4S. The van der Waals surface area contributed by atoms with Gasteiger partial charge >= 0.3 is 5.97 Å². The molecule has 2 fully saturated rings. The topological polar surface area (TPSA) is 63.7 Å². The van der Waals surface area contributed by atoms with Gasteiger partial charge in [0.2, 0.25) is 10.0 Å². The molecule has 1 aliphatic carbocycles. The molecule has 0 radical (unpaired) electrons. The molecule has 5 nitrogen and oxygen atoms in total. The molecule has 1 heterocycles. The van der Waals surface area contributed by atoms with Gasteiger partial charge in [0.15, 0.2) is 0 Å². The molecule has 0 bridgehead atoms. The summed E-state index contributed by atoms with van der Waals surface area (Å²) in [5.74, 6) is 0.0644. The van der Waals surface area contributed by atoms with Crippen LogP contribution in [0.4, 0.5) is 0 Å². The van der Waals surface area contributed by atoms with Crippen LogP contribution in [0.3, 0.4) is 0 Å². The number of hydrogen-bond donors (Lipinski definition) is 0. The number of methoxy groups -OCH3 is 1. The summed E-state index contributed by atoms with van der Waals surface area (Å²) in [5.41, 5.74) is 2.13. The Labute approximate surface area is 204 Å². The zero-order valence-corrected chi connectivity index (χ0v) is 21.6. The number of nitrogens with zero attached hydrogens (tertiary/aromatic N) is 1. The summed E-state index contributed by atoms with van der Waals surface area (Å²) < 4.78 is 34.1. The van der Waals surface area contributed by atoms with Crippen molar-refractivity contribution in [3.63, 3.8) is 0 Å².